The highest BCUT2D eigenvalue weighted by Crippen LogP contribution is 2.04. The molecule has 1 unspecified atom stereocenters. The maximum atomic E-state index is 11.7. The molecule has 0 bridgehead atoms. The van der Waals surface area contributed by atoms with Crippen LogP contribution in [-0.2, 0) is 11.2 Å². The van der Waals surface area contributed by atoms with Crippen molar-refractivity contribution in [1.82, 2.24) is 15.8 Å². The van der Waals surface area contributed by atoms with Gasteiger partial charge in [-0.1, -0.05) is 5.16 Å². The Hall–Kier alpha value is -1.07. The van der Waals surface area contributed by atoms with Crippen LogP contribution in [0, 0.1) is 6.92 Å². The lowest BCUT2D eigenvalue weighted by Crippen LogP contribution is -2.46. The molecule has 1 aromatic heterocycles. The Kier molecular flexibility index (Phi) is 5.44. The third-order valence-electron chi connectivity index (χ3n) is 2.68. The molecule has 1 aliphatic rings. The van der Waals surface area contributed by atoms with Crippen molar-refractivity contribution in [3.63, 3.8) is 0 Å². The lowest BCUT2D eigenvalue weighted by molar-refractivity contribution is -0.121. The van der Waals surface area contributed by atoms with Crippen LogP contribution in [0.15, 0.2) is 10.6 Å². The van der Waals surface area contributed by atoms with E-state index in [2.05, 4.69) is 15.8 Å². The number of halogens is 1. The van der Waals surface area contributed by atoms with Crippen molar-refractivity contribution < 1.29 is 9.32 Å². The van der Waals surface area contributed by atoms with Crippen LogP contribution in [0.2, 0.25) is 0 Å². The molecule has 1 aromatic rings. The molecule has 17 heavy (non-hydrogen) atoms. The van der Waals surface area contributed by atoms with Crippen molar-refractivity contribution in [3.05, 3.63) is 17.5 Å². The second-order valence-electron chi connectivity index (χ2n) is 4.22. The fraction of sp³-hybridized carbons (Fsp3) is 0.636. The van der Waals surface area contributed by atoms with Gasteiger partial charge in [0.15, 0.2) is 0 Å². The smallest absolute Gasteiger partial charge is 0.226 e. The first kappa shape index (κ1) is 14.0. The summed E-state index contributed by atoms with van der Waals surface area (Å²) in [6.07, 6.45) is 2.47. The van der Waals surface area contributed by atoms with Crippen LogP contribution in [0.25, 0.3) is 0 Å². The Bertz CT molecular complexity index is 361. The maximum absolute atomic E-state index is 11.7. The van der Waals surface area contributed by atoms with Gasteiger partial charge in [0.25, 0.3) is 0 Å². The summed E-state index contributed by atoms with van der Waals surface area (Å²) < 4.78 is 4.91. The zero-order valence-corrected chi connectivity index (χ0v) is 10.7. The van der Waals surface area contributed by atoms with Gasteiger partial charge in [0.2, 0.25) is 5.91 Å². The van der Waals surface area contributed by atoms with Crippen molar-refractivity contribution in [2.24, 2.45) is 0 Å². The predicted molar refractivity (Wildman–Crippen MR) is 66.2 cm³/mol. The van der Waals surface area contributed by atoms with Crippen LogP contribution in [0.5, 0.6) is 0 Å². The Morgan fingerprint density at radius 3 is 3.12 bits per heavy atom. The molecule has 0 spiro atoms. The normalized spacial score (nSPS) is 19.5. The van der Waals surface area contributed by atoms with Crippen LogP contribution < -0.4 is 10.6 Å². The Balaban J connectivity index is 0.00000144. The van der Waals surface area contributed by atoms with Gasteiger partial charge in [0, 0.05) is 18.7 Å². The number of amides is 1. The number of aromatic nitrogens is 1. The van der Waals surface area contributed by atoms with Crippen LogP contribution in [-0.4, -0.2) is 30.2 Å². The molecule has 1 atom stereocenters. The molecule has 96 valence electrons. The average Bonchev–Trinajstić information content (AvgIpc) is 2.65. The van der Waals surface area contributed by atoms with Gasteiger partial charge in [-0.2, -0.15) is 0 Å². The number of nitrogens with zero attached hydrogens (tertiary/aromatic N) is 1. The van der Waals surface area contributed by atoms with Crippen molar-refractivity contribution in [2.75, 3.05) is 13.1 Å². The molecule has 6 heteroatoms. The number of carbonyl (C=O) groups excluding carboxylic acids is 1. The molecule has 2 heterocycles. The van der Waals surface area contributed by atoms with Crippen molar-refractivity contribution in [3.8, 4) is 0 Å². The third kappa shape index (κ3) is 4.36. The van der Waals surface area contributed by atoms with Crippen molar-refractivity contribution >= 4 is 18.3 Å². The number of piperidine rings is 1. The SMILES string of the molecule is Cc1cc(CC(=O)NC2CCCNC2)no1.Cl. The van der Waals surface area contributed by atoms with Crippen molar-refractivity contribution in [2.45, 2.75) is 32.2 Å². The van der Waals surface area contributed by atoms with Crippen LogP contribution in [0.3, 0.4) is 0 Å². The number of nitrogens with one attached hydrogen (secondary N) is 2. The fourth-order valence-electron chi connectivity index (χ4n) is 1.92. The molecule has 1 aliphatic heterocycles. The van der Waals surface area contributed by atoms with Gasteiger partial charge in [0.1, 0.15) is 5.76 Å². The predicted octanol–water partition coefficient (Wildman–Crippen LogP) is 0.816. The quantitative estimate of drug-likeness (QED) is 0.843. The molecule has 1 amide bonds. The van der Waals surface area contributed by atoms with E-state index in [9.17, 15) is 4.79 Å². The summed E-state index contributed by atoms with van der Waals surface area (Å²) in [7, 11) is 0. The Labute approximate surface area is 107 Å². The lowest BCUT2D eigenvalue weighted by Gasteiger charge is -2.23. The molecule has 0 aromatic carbocycles. The molecule has 1 fully saturated rings. The number of aryl methyl sites for hydroxylation is 1. The molecule has 1 saturated heterocycles. The Morgan fingerprint density at radius 2 is 2.53 bits per heavy atom. The monoisotopic (exact) mass is 259 g/mol. The van der Waals surface area contributed by atoms with Crippen LogP contribution in [0.1, 0.15) is 24.3 Å². The van der Waals surface area contributed by atoms with Gasteiger partial charge in [-0.15, -0.1) is 12.4 Å². The summed E-state index contributed by atoms with van der Waals surface area (Å²) in [5, 5.41) is 10.1. The highest BCUT2D eigenvalue weighted by atomic mass is 35.5. The number of carbonyl (C=O) groups is 1. The first-order valence-corrected chi connectivity index (χ1v) is 5.66. The molecule has 5 nitrogen and oxygen atoms in total. The van der Waals surface area contributed by atoms with E-state index in [-0.39, 0.29) is 24.4 Å². The number of rotatable bonds is 3. The van der Waals surface area contributed by atoms with Crippen molar-refractivity contribution in [1.29, 1.82) is 0 Å². The summed E-state index contributed by atoms with van der Waals surface area (Å²) in [5.41, 5.74) is 0.693. The fourth-order valence-corrected chi connectivity index (χ4v) is 1.92. The minimum absolute atomic E-state index is 0. The Morgan fingerprint density at radius 1 is 1.71 bits per heavy atom. The van der Waals surface area contributed by atoms with Gasteiger partial charge in [-0.3, -0.25) is 4.79 Å². The van der Waals surface area contributed by atoms with E-state index >= 15 is 0 Å². The summed E-state index contributed by atoms with van der Waals surface area (Å²) >= 11 is 0. The number of hydrogen-bond acceptors (Lipinski definition) is 4. The topological polar surface area (TPSA) is 67.2 Å². The van der Waals surface area contributed by atoms with Gasteiger partial charge >= 0.3 is 0 Å². The summed E-state index contributed by atoms with van der Waals surface area (Å²) in [6, 6.07) is 2.05. The lowest BCUT2D eigenvalue weighted by atomic mass is 10.1. The third-order valence-corrected chi connectivity index (χ3v) is 2.68. The van der Waals surface area contributed by atoms with E-state index in [1.54, 1.807) is 6.07 Å². The summed E-state index contributed by atoms with van der Waals surface area (Å²) in [4.78, 5) is 11.7. The average molecular weight is 260 g/mol. The molecular formula is C11H18ClN3O2. The minimum Gasteiger partial charge on any atom is -0.361 e. The van der Waals surface area contributed by atoms with E-state index in [1.165, 1.54) is 0 Å². The van der Waals surface area contributed by atoms with E-state index in [4.69, 9.17) is 4.52 Å². The zero-order valence-electron chi connectivity index (χ0n) is 9.86. The first-order valence-electron chi connectivity index (χ1n) is 5.66. The second-order valence-corrected chi connectivity index (χ2v) is 4.22. The zero-order chi connectivity index (χ0) is 11.4. The first-order chi connectivity index (χ1) is 7.74. The summed E-state index contributed by atoms with van der Waals surface area (Å²) in [5.74, 6) is 0.754. The minimum atomic E-state index is 0. The molecule has 2 N–H and O–H groups in total. The standard InChI is InChI=1S/C11H17N3O2.ClH/c1-8-5-10(14-16-8)6-11(15)13-9-3-2-4-12-7-9;/h5,9,12H,2-4,6-7H2,1H3,(H,13,15);1H. The van der Waals surface area contributed by atoms with E-state index < -0.39 is 0 Å². The number of hydrogen-bond donors (Lipinski definition) is 2. The second kappa shape index (κ2) is 6.61. The van der Waals surface area contributed by atoms with E-state index in [1.807, 2.05) is 6.92 Å². The van der Waals surface area contributed by atoms with Gasteiger partial charge < -0.3 is 15.2 Å². The van der Waals surface area contributed by atoms with E-state index in [0.29, 0.717) is 12.1 Å². The largest absolute Gasteiger partial charge is 0.361 e. The van der Waals surface area contributed by atoms with E-state index in [0.717, 1.165) is 31.7 Å². The van der Waals surface area contributed by atoms with Gasteiger partial charge in [-0.25, -0.2) is 0 Å². The highest BCUT2D eigenvalue weighted by molar-refractivity contribution is 5.85. The summed E-state index contributed by atoms with van der Waals surface area (Å²) in [6.45, 7) is 3.73. The molecular weight excluding hydrogens is 242 g/mol. The molecule has 0 saturated carbocycles. The molecule has 2 rings (SSSR count). The van der Waals surface area contributed by atoms with Gasteiger partial charge in [-0.05, 0) is 26.3 Å². The highest BCUT2D eigenvalue weighted by Gasteiger charge is 2.16. The maximum Gasteiger partial charge on any atom is 0.226 e. The van der Waals surface area contributed by atoms with Gasteiger partial charge in [0.05, 0.1) is 12.1 Å². The molecule has 0 radical (unpaired) electrons. The van der Waals surface area contributed by atoms with Crippen LogP contribution >= 0.6 is 12.4 Å². The van der Waals surface area contributed by atoms with Crippen LogP contribution in [0.4, 0.5) is 0 Å². The molecule has 0 aliphatic carbocycles.